The van der Waals surface area contributed by atoms with Gasteiger partial charge >= 0.3 is 0 Å². The average Bonchev–Trinajstić information content (AvgIpc) is 2.71. The second-order valence-electron chi connectivity index (χ2n) is 4.46. The topological polar surface area (TPSA) is 29.9 Å². The lowest BCUT2D eigenvalue weighted by Crippen LogP contribution is -2.14. The van der Waals surface area contributed by atoms with E-state index in [0.29, 0.717) is 6.04 Å². The number of nitrogens with one attached hydrogen (secondary N) is 1. The molecule has 1 aromatic rings. The summed E-state index contributed by atoms with van der Waals surface area (Å²) in [6, 6.07) is 2.58. The van der Waals surface area contributed by atoms with E-state index in [9.17, 15) is 0 Å². The van der Waals surface area contributed by atoms with Crippen molar-refractivity contribution in [3.63, 3.8) is 0 Å². The summed E-state index contributed by atoms with van der Waals surface area (Å²) >= 11 is 0. The van der Waals surface area contributed by atoms with Crippen molar-refractivity contribution in [2.24, 2.45) is 0 Å². The Labute approximate surface area is 98.5 Å². The highest BCUT2D eigenvalue weighted by Crippen LogP contribution is 2.08. The molecule has 0 radical (unpaired) electrons. The standard InChI is InChI=1S/C13H23N3/c1-5-12(4)16-9-7-13(15-16)10-14-8-6-11(2)3/h6-7,9,12,14H,5,8,10H2,1-4H3. The summed E-state index contributed by atoms with van der Waals surface area (Å²) in [5.74, 6) is 0. The highest BCUT2D eigenvalue weighted by atomic mass is 15.3. The van der Waals surface area contributed by atoms with Crippen molar-refractivity contribution in [3.8, 4) is 0 Å². The molecule has 1 unspecified atom stereocenters. The lowest BCUT2D eigenvalue weighted by atomic mass is 10.3. The third-order valence-corrected chi connectivity index (χ3v) is 2.67. The fourth-order valence-electron chi connectivity index (χ4n) is 1.38. The largest absolute Gasteiger partial charge is 0.308 e. The molecule has 0 saturated heterocycles. The minimum atomic E-state index is 0.492. The maximum Gasteiger partial charge on any atom is 0.0762 e. The van der Waals surface area contributed by atoms with Crippen LogP contribution in [-0.2, 0) is 6.54 Å². The van der Waals surface area contributed by atoms with Crippen molar-refractivity contribution in [1.82, 2.24) is 15.1 Å². The van der Waals surface area contributed by atoms with Gasteiger partial charge in [-0.15, -0.1) is 0 Å². The van der Waals surface area contributed by atoms with Crippen LogP contribution in [0.15, 0.2) is 23.9 Å². The first kappa shape index (κ1) is 13.0. The summed E-state index contributed by atoms with van der Waals surface area (Å²) in [6.45, 7) is 10.3. The van der Waals surface area contributed by atoms with Gasteiger partial charge in [0.1, 0.15) is 0 Å². The van der Waals surface area contributed by atoms with Crippen molar-refractivity contribution in [1.29, 1.82) is 0 Å². The predicted molar refractivity (Wildman–Crippen MR) is 68.4 cm³/mol. The lowest BCUT2D eigenvalue weighted by molar-refractivity contribution is 0.472. The van der Waals surface area contributed by atoms with Crippen LogP contribution < -0.4 is 5.32 Å². The first-order valence-electron chi connectivity index (χ1n) is 6.01. The van der Waals surface area contributed by atoms with Gasteiger partial charge in [0.15, 0.2) is 0 Å². The normalized spacial score (nSPS) is 12.5. The second-order valence-corrected chi connectivity index (χ2v) is 4.46. The Balaban J connectivity index is 2.38. The summed E-state index contributed by atoms with van der Waals surface area (Å²) in [4.78, 5) is 0. The molecule has 0 saturated carbocycles. The Kier molecular flexibility index (Phi) is 5.26. The monoisotopic (exact) mass is 221 g/mol. The molecular formula is C13H23N3. The number of hydrogen-bond donors (Lipinski definition) is 1. The van der Waals surface area contributed by atoms with Crippen molar-refractivity contribution in [3.05, 3.63) is 29.6 Å². The molecule has 0 fully saturated rings. The van der Waals surface area contributed by atoms with E-state index in [0.717, 1.165) is 25.2 Å². The molecule has 1 N–H and O–H groups in total. The van der Waals surface area contributed by atoms with Crippen LogP contribution in [0.5, 0.6) is 0 Å². The Bertz CT molecular complexity index is 335. The zero-order valence-electron chi connectivity index (χ0n) is 10.8. The number of hydrogen-bond acceptors (Lipinski definition) is 2. The minimum Gasteiger partial charge on any atom is -0.308 e. The van der Waals surface area contributed by atoms with Crippen molar-refractivity contribution in [2.45, 2.75) is 46.7 Å². The molecular weight excluding hydrogens is 198 g/mol. The highest BCUT2D eigenvalue weighted by molar-refractivity contribution is 5.00. The Morgan fingerprint density at radius 1 is 1.56 bits per heavy atom. The molecule has 3 heteroatoms. The molecule has 3 nitrogen and oxygen atoms in total. The summed E-state index contributed by atoms with van der Waals surface area (Å²) in [5, 5.41) is 7.88. The smallest absolute Gasteiger partial charge is 0.0762 e. The zero-order valence-corrected chi connectivity index (χ0v) is 10.8. The van der Waals surface area contributed by atoms with Crippen LogP contribution >= 0.6 is 0 Å². The lowest BCUT2D eigenvalue weighted by Gasteiger charge is -2.08. The van der Waals surface area contributed by atoms with Gasteiger partial charge in [0.25, 0.3) is 0 Å². The van der Waals surface area contributed by atoms with Gasteiger partial charge in [0.05, 0.1) is 5.69 Å². The molecule has 16 heavy (non-hydrogen) atoms. The molecule has 0 spiro atoms. The maximum absolute atomic E-state index is 4.53. The van der Waals surface area contributed by atoms with Gasteiger partial charge in [-0.3, -0.25) is 4.68 Å². The molecule has 0 aliphatic rings. The van der Waals surface area contributed by atoms with Gasteiger partial charge in [-0.2, -0.15) is 5.10 Å². The van der Waals surface area contributed by atoms with Gasteiger partial charge in [-0.05, 0) is 33.3 Å². The van der Waals surface area contributed by atoms with Gasteiger partial charge in [-0.1, -0.05) is 18.6 Å². The van der Waals surface area contributed by atoms with Crippen molar-refractivity contribution >= 4 is 0 Å². The summed E-state index contributed by atoms with van der Waals surface area (Å²) in [6.07, 6.45) is 5.37. The molecule has 0 bridgehead atoms. The average molecular weight is 221 g/mol. The van der Waals surface area contributed by atoms with E-state index in [1.807, 2.05) is 4.68 Å². The molecule has 0 aromatic carbocycles. The van der Waals surface area contributed by atoms with E-state index in [2.05, 4.69) is 56.4 Å². The Hall–Kier alpha value is -1.09. The SMILES string of the molecule is CCC(C)n1ccc(CNCC=C(C)C)n1. The first-order chi connectivity index (χ1) is 7.63. The summed E-state index contributed by atoms with van der Waals surface area (Å²) in [7, 11) is 0. The Morgan fingerprint density at radius 3 is 2.94 bits per heavy atom. The predicted octanol–water partition coefficient (Wildman–Crippen LogP) is 2.91. The Morgan fingerprint density at radius 2 is 2.31 bits per heavy atom. The number of rotatable bonds is 6. The van der Waals surface area contributed by atoms with Gasteiger partial charge in [-0.25, -0.2) is 0 Å². The van der Waals surface area contributed by atoms with Gasteiger partial charge < -0.3 is 5.32 Å². The van der Waals surface area contributed by atoms with Crippen LogP contribution in [0.2, 0.25) is 0 Å². The summed E-state index contributed by atoms with van der Waals surface area (Å²) in [5.41, 5.74) is 2.46. The maximum atomic E-state index is 4.53. The van der Waals surface area contributed by atoms with Crippen molar-refractivity contribution < 1.29 is 0 Å². The third kappa shape index (κ3) is 4.19. The van der Waals surface area contributed by atoms with E-state index < -0.39 is 0 Å². The van der Waals surface area contributed by atoms with Crippen LogP contribution in [0.25, 0.3) is 0 Å². The third-order valence-electron chi connectivity index (χ3n) is 2.67. The van der Waals surface area contributed by atoms with Gasteiger partial charge in [0, 0.05) is 25.3 Å². The molecule has 0 aliphatic carbocycles. The van der Waals surface area contributed by atoms with Crippen LogP contribution in [0.3, 0.4) is 0 Å². The fourth-order valence-corrected chi connectivity index (χ4v) is 1.38. The number of aromatic nitrogens is 2. The van der Waals surface area contributed by atoms with Crippen LogP contribution in [0, 0.1) is 0 Å². The minimum absolute atomic E-state index is 0.492. The molecule has 1 rings (SSSR count). The summed E-state index contributed by atoms with van der Waals surface area (Å²) < 4.78 is 2.04. The van der Waals surface area contributed by atoms with Gasteiger partial charge in [0.2, 0.25) is 0 Å². The highest BCUT2D eigenvalue weighted by Gasteiger charge is 2.03. The zero-order chi connectivity index (χ0) is 12.0. The molecule has 0 aliphatic heterocycles. The number of nitrogens with zero attached hydrogens (tertiary/aromatic N) is 2. The fraction of sp³-hybridized carbons (Fsp3) is 0.615. The van der Waals surface area contributed by atoms with E-state index in [1.54, 1.807) is 0 Å². The van der Waals surface area contributed by atoms with Crippen LogP contribution in [-0.4, -0.2) is 16.3 Å². The second kappa shape index (κ2) is 6.48. The first-order valence-corrected chi connectivity index (χ1v) is 6.01. The van der Waals surface area contributed by atoms with E-state index in [1.165, 1.54) is 5.57 Å². The van der Waals surface area contributed by atoms with Crippen LogP contribution in [0.1, 0.15) is 45.9 Å². The quantitative estimate of drug-likeness (QED) is 0.591. The van der Waals surface area contributed by atoms with E-state index in [4.69, 9.17) is 0 Å². The molecule has 90 valence electrons. The van der Waals surface area contributed by atoms with Crippen LogP contribution in [0.4, 0.5) is 0 Å². The molecule has 0 amide bonds. The van der Waals surface area contributed by atoms with E-state index in [-0.39, 0.29) is 0 Å². The molecule has 1 atom stereocenters. The van der Waals surface area contributed by atoms with E-state index >= 15 is 0 Å². The molecule has 1 heterocycles. The molecule has 1 aromatic heterocycles. The van der Waals surface area contributed by atoms with Crippen molar-refractivity contribution in [2.75, 3.05) is 6.54 Å². The number of allylic oxidation sites excluding steroid dienone is 1.